The van der Waals surface area contributed by atoms with Crippen molar-refractivity contribution < 1.29 is 9.59 Å². The van der Waals surface area contributed by atoms with Crippen molar-refractivity contribution in [3.63, 3.8) is 0 Å². The summed E-state index contributed by atoms with van der Waals surface area (Å²) in [6.07, 6.45) is 2.65. The number of hydrogen-bond acceptors (Lipinski definition) is 4. The van der Waals surface area contributed by atoms with Gasteiger partial charge in [-0.15, -0.1) is 12.4 Å². The van der Waals surface area contributed by atoms with Crippen LogP contribution < -0.4 is 10.6 Å². The first-order valence-electron chi connectivity index (χ1n) is 13.1. The molecule has 0 aliphatic rings. The van der Waals surface area contributed by atoms with Gasteiger partial charge in [-0.1, -0.05) is 61.9 Å². The number of anilines is 1. The monoisotopic (exact) mass is 545 g/mol. The number of aromatic nitrogens is 2. The Balaban J connectivity index is 0.00000420. The van der Waals surface area contributed by atoms with E-state index in [1.54, 1.807) is 35.1 Å². The number of aryl methyl sites for hydroxylation is 1. The van der Waals surface area contributed by atoms with Crippen molar-refractivity contribution >= 4 is 29.9 Å². The van der Waals surface area contributed by atoms with Crippen LogP contribution >= 0.6 is 12.4 Å². The van der Waals surface area contributed by atoms with Crippen molar-refractivity contribution in [1.82, 2.24) is 20.0 Å². The molecule has 1 aromatic heterocycles. The molecular formula is C31H36ClN5O2. The molecule has 39 heavy (non-hydrogen) atoms. The molecule has 0 atom stereocenters. The van der Waals surface area contributed by atoms with E-state index >= 15 is 0 Å². The van der Waals surface area contributed by atoms with Gasteiger partial charge in [0.05, 0.1) is 11.3 Å². The molecule has 4 aromatic rings. The summed E-state index contributed by atoms with van der Waals surface area (Å²) in [6, 6.07) is 24.6. The first-order chi connectivity index (χ1) is 18.5. The van der Waals surface area contributed by atoms with E-state index in [0.717, 1.165) is 42.9 Å². The maximum atomic E-state index is 13.4. The van der Waals surface area contributed by atoms with E-state index in [1.807, 2.05) is 61.5 Å². The highest BCUT2D eigenvalue weighted by molar-refractivity contribution is 6.08. The highest BCUT2D eigenvalue weighted by Crippen LogP contribution is 2.25. The second-order valence-electron chi connectivity index (χ2n) is 9.21. The molecule has 7 nitrogen and oxygen atoms in total. The molecular weight excluding hydrogens is 510 g/mol. The van der Waals surface area contributed by atoms with E-state index in [0.29, 0.717) is 29.1 Å². The van der Waals surface area contributed by atoms with Gasteiger partial charge in [-0.05, 0) is 69.4 Å². The van der Waals surface area contributed by atoms with Crippen molar-refractivity contribution in [1.29, 1.82) is 0 Å². The molecule has 0 fully saturated rings. The van der Waals surface area contributed by atoms with E-state index in [2.05, 4.69) is 29.4 Å². The fourth-order valence-electron chi connectivity index (χ4n) is 4.23. The van der Waals surface area contributed by atoms with Crippen molar-refractivity contribution in [3.05, 3.63) is 102 Å². The Morgan fingerprint density at radius 2 is 1.54 bits per heavy atom. The number of nitrogens with one attached hydrogen (secondary N) is 2. The van der Waals surface area contributed by atoms with Gasteiger partial charge in [-0.3, -0.25) is 9.59 Å². The smallest absolute Gasteiger partial charge is 0.259 e. The second-order valence-corrected chi connectivity index (χ2v) is 9.21. The van der Waals surface area contributed by atoms with Gasteiger partial charge in [0.2, 0.25) is 0 Å². The highest BCUT2D eigenvalue weighted by atomic mass is 35.5. The zero-order chi connectivity index (χ0) is 26.9. The second kappa shape index (κ2) is 14.3. The van der Waals surface area contributed by atoms with E-state index in [1.165, 1.54) is 0 Å². The molecule has 0 spiro atoms. The summed E-state index contributed by atoms with van der Waals surface area (Å²) in [7, 11) is 0. The van der Waals surface area contributed by atoms with Gasteiger partial charge in [0, 0.05) is 29.6 Å². The van der Waals surface area contributed by atoms with Gasteiger partial charge in [0.1, 0.15) is 5.69 Å². The number of halogens is 1. The number of nitrogens with zero attached hydrogens (tertiary/aromatic N) is 3. The van der Waals surface area contributed by atoms with Gasteiger partial charge in [-0.2, -0.15) is 5.10 Å². The summed E-state index contributed by atoms with van der Waals surface area (Å²) < 4.78 is 1.72. The molecule has 204 valence electrons. The van der Waals surface area contributed by atoms with Gasteiger partial charge < -0.3 is 15.5 Å². The topological polar surface area (TPSA) is 79.3 Å². The average molecular weight is 546 g/mol. The van der Waals surface area contributed by atoms with Crippen LogP contribution in [-0.2, 0) is 0 Å². The standard InChI is InChI=1S/C31H35N5O2.ClH/c1-4-35(5-2)21-9-20-32-30(37)25-16-18-26(19-17-25)33-31(38)28-22-36(27-10-7-6-8-11-27)34-29(28)24-14-12-23(3)13-15-24;/h6-8,10-19,22H,4-5,9,20-21H2,1-3H3,(H,32,37)(H,33,38);1H. The van der Waals surface area contributed by atoms with Crippen molar-refractivity contribution in [2.45, 2.75) is 27.2 Å². The van der Waals surface area contributed by atoms with E-state index < -0.39 is 0 Å². The van der Waals surface area contributed by atoms with Gasteiger partial charge in [0.25, 0.3) is 11.8 Å². The Morgan fingerprint density at radius 1 is 0.872 bits per heavy atom. The summed E-state index contributed by atoms with van der Waals surface area (Å²) in [4.78, 5) is 28.2. The fourth-order valence-corrected chi connectivity index (χ4v) is 4.23. The summed E-state index contributed by atoms with van der Waals surface area (Å²) in [5.41, 5.74) is 5.10. The SMILES string of the molecule is CCN(CC)CCCNC(=O)c1ccc(NC(=O)c2cn(-c3ccccc3)nc2-c2ccc(C)cc2)cc1.Cl. The van der Waals surface area contributed by atoms with E-state index in [-0.39, 0.29) is 24.2 Å². The number of carbonyl (C=O) groups is 2. The van der Waals surface area contributed by atoms with Crippen LogP contribution in [0.3, 0.4) is 0 Å². The van der Waals surface area contributed by atoms with Crippen molar-refractivity contribution in [2.24, 2.45) is 0 Å². The van der Waals surface area contributed by atoms with Crippen LogP contribution in [-0.4, -0.2) is 52.7 Å². The Kier molecular flexibility index (Phi) is 10.8. The predicted octanol–water partition coefficient (Wildman–Crippen LogP) is 5.98. The first-order valence-corrected chi connectivity index (χ1v) is 13.1. The maximum Gasteiger partial charge on any atom is 0.259 e. The van der Waals surface area contributed by atoms with Crippen molar-refractivity contribution in [3.8, 4) is 16.9 Å². The van der Waals surface area contributed by atoms with Gasteiger partial charge >= 0.3 is 0 Å². The molecule has 8 heteroatoms. The number of rotatable bonds is 11. The van der Waals surface area contributed by atoms with Crippen LogP contribution in [0.2, 0.25) is 0 Å². The average Bonchev–Trinajstić information content (AvgIpc) is 3.40. The minimum atomic E-state index is -0.267. The maximum absolute atomic E-state index is 13.4. The molecule has 0 aliphatic carbocycles. The summed E-state index contributed by atoms with van der Waals surface area (Å²) in [6.45, 7) is 9.91. The lowest BCUT2D eigenvalue weighted by atomic mass is 10.1. The number of carbonyl (C=O) groups excluding carboxylic acids is 2. The molecule has 0 radical (unpaired) electrons. The van der Waals surface area contributed by atoms with E-state index in [9.17, 15) is 9.59 Å². The number of amides is 2. The molecule has 0 saturated carbocycles. The largest absolute Gasteiger partial charge is 0.352 e. The van der Waals surface area contributed by atoms with Crippen LogP contribution in [0, 0.1) is 6.92 Å². The Hall–Kier alpha value is -3.94. The molecule has 0 bridgehead atoms. The minimum absolute atomic E-state index is 0. The van der Waals surface area contributed by atoms with Crippen LogP contribution in [0.25, 0.3) is 16.9 Å². The molecule has 0 saturated heterocycles. The number of hydrogen-bond donors (Lipinski definition) is 2. The fraction of sp³-hybridized carbons (Fsp3) is 0.258. The highest BCUT2D eigenvalue weighted by Gasteiger charge is 2.19. The molecule has 0 aliphatic heterocycles. The predicted molar refractivity (Wildman–Crippen MR) is 160 cm³/mol. The van der Waals surface area contributed by atoms with Gasteiger partial charge in [0.15, 0.2) is 0 Å². The Labute approximate surface area is 236 Å². The molecule has 2 amide bonds. The molecule has 2 N–H and O–H groups in total. The zero-order valence-electron chi connectivity index (χ0n) is 22.7. The van der Waals surface area contributed by atoms with Crippen LogP contribution in [0.1, 0.15) is 46.5 Å². The minimum Gasteiger partial charge on any atom is -0.352 e. The summed E-state index contributed by atoms with van der Waals surface area (Å²) in [5.74, 6) is -0.385. The lowest BCUT2D eigenvalue weighted by Gasteiger charge is -2.17. The lowest BCUT2D eigenvalue weighted by Crippen LogP contribution is -2.29. The molecule has 0 unspecified atom stereocenters. The zero-order valence-corrected chi connectivity index (χ0v) is 23.5. The first kappa shape index (κ1) is 29.6. The lowest BCUT2D eigenvalue weighted by molar-refractivity contribution is 0.0951. The Bertz CT molecular complexity index is 1350. The third-order valence-corrected chi connectivity index (χ3v) is 6.54. The summed E-state index contributed by atoms with van der Waals surface area (Å²) in [5, 5.41) is 10.7. The van der Waals surface area contributed by atoms with Crippen LogP contribution in [0.15, 0.2) is 85.1 Å². The quantitative estimate of drug-likeness (QED) is 0.227. The molecule has 4 rings (SSSR count). The van der Waals surface area contributed by atoms with E-state index in [4.69, 9.17) is 5.10 Å². The van der Waals surface area contributed by atoms with Crippen LogP contribution in [0.4, 0.5) is 5.69 Å². The van der Waals surface area contributed by atoms with Crippen LogP contribution in [0.5, 0.6) is 0 Å². The molecule has 3 aromatic carbocycles. The third-order valence-electron chi connectivity index (χ3n) is 6.54. The Morgan fingerprint density at radius 3 is 2.18 bits per heavy atom. The number of para-hydroxylation sites is 1. The third kappa shape index (κ3) is 7.78. The normalized spacial score (nSPS) is 10.7. The summed E-state index contributed by atoms with van der Waals surface area (Å²) >= 11 is 0. The van der Waals surface area contributed by atoms with Crippen molar-refractivity contribution in [2.75, 3.05) is 31.5 Å². The van der Waals surface area contributed by atoms with Gasteiger partial charge in [-0.25, -0.2) is 4.68 Å². The molecule has 1 heterocycles. The number of benzene rings is 3.